The number of aromatic nitrogens is 5. The lowest BCUT2D eigenvalue weighted by atomic mass is 10.1. The van der Waals surface area contributed by atoms with Crippen LogP contribution in [-0.2, 0) is 17.8 Å². The highest BCUT2D eigenvalue weighted by atomic mass is 16.5. The lowest BCUT2D eigenvalue weighted by Crippen LogP contribution is -2.39. The van der Waals surface area contributed by atoms with Gasteiger partial charge >= 0.3 is 0 Å². The van der Waals surface area contributed by atoms with E-state index in [2.05, 4.69) is 30.9 Å². The van der Waals surface area contributed by atoms with E-state index in [9.17, 15) is 9.59 Å². The smallest absolute Gasteiger partial charge is 0.276 e. The molecule has 0 spiro atoms. The van der Waals surface area contributed by atoms with Gasteiger partial charge in [-0.05, 0) is 13.3 Å². The summed E-state index contributed by atoms with van der Waals surface area (Å²) in [5.41, 5.74) is 2.44. The van der Waals surface area contributed by atoms with Crippen molar-refractivity contribution >= 4 is 11.8 Å². The number of ether oxygens (including phenoxy) is 1. The van der Waals surface area contributed by atoms with E-state index in [0.717, 1.165) is 17.7 Å². The van der Waals surface area contributed by atoms with Crippen LogP contribution in [0, 0.1) is 0 Å². The largest absolute Gasteiger partial charge is 0.376 e. The van der Waals surface area contributed by atoms with Gasteiger partial charge in [0.25, 0.3) is 11.8 Å². The van der Waals surface area contributed by atoms with Crippen molar-refractivity contribution < 1.29 is 14.3 Å². The minimum absolute atomic E-state index is 0.00549. The minimum Gasteiger partial charge on any atom is -0.376 e. The van der Waals surface area contributed by atoms with Crippen LogP contribution in [0.4, 0.5) is 0 Å². The maximum atomic E-state index is 12.6. The summed E-state index contributed by atoms with van der Waals surface area (Å²) in [6.07, 6.45) is 2.81. The van der Waals surface area contributed by atoms with Gasteiger partial charge in [-0.1, -0.05) is 0 Å². The van der Waals surface area contributed by atoms with Crippen LogP contribution in [0.2, 0.25) is 0 Å². The van der Waals surface area contributed by atoms with E-state index in [1.54, 1.807) is 4.90 Å². The number of aromatic amines is 2. The first-order chi connectivity index (χ1) is 12.1. The molecule has 10 nitrogen and oxygen atoms in total. The molecule has 3 N–H and O–H groups in total. The van der Waals surface area contributed by atoms with Gasteiger partial charge in [-0.25, -0.2) is 0 Å². The van der Waals surface area contributed by atoms with Crippen molar-refractivity contribution in [2.45, 2.75) is 38.5 Å². The Morgan fingerprint density at radius 3 is 3.08 bits per heavy atom. The Balaban J connectivity index is 1.43. The quantitative estimate of drug-likeness (QED) is 0.696. The average molecular weight is 345 g/mol. The Morgan fingerprint density at radius 2 is 2.28 bits per heavy atom. The Labute approximate surface area is 143 Å². The van der Waals surface area contributed by atoms with Gasteiger partial charge in [-0.2, -0.15) is 20.5 Å². The van der Waals surface area contributed by atoms with Crippen LogP contribution in [-0.4, -0.2) is 67.6 Å². The standard InChI is InChI=1S/C15H19N7O3/c1-8-4-9(6-22(8)15(24)12-5-16-21-19-12)17-14(23)13-10-7-25-3-2-11(10)18-20-13/h5,8-9H,2-4,6-7H2,1H3,(H,17,23)(H,18,20)(H,16,19,21). The van der Waals surface area contributed by atoms with Crippen molar-refractivity contribution in [2.24, 2.45) is 0 Å². The van der Waals surface area contributed by atoms with Gasteiger partial charge in [-0.3, -0.25) is 14.7 Å². The number of H-pyrrole nitrogens is 2. The van der Waals surface area contributed by atoms with Gasteiger partial charge < -0.3 is 15.0 Å². The predicted octanol–water partition coefficient (Wildman–Crippen LogP) is -0.366. The molecule has 2 aromatic heterocycles. The molecule has 0 radical (unpaired) electrons. The number of carbonyl (C=O) groups excluding carboxylic acids is 2. The molecule has 132 valence electrons. The van der Waals surface area contributed by atoms with Crippen molar-refractivity contribution in [2.75, 3.05) is 13.2 Å². The number of likely N-dealkylation sites (tertiary alicyclic amines) is 1. The lowest BCUT2D eigenvalue weighted by Gasteiger charge is -2.19. The summed E-state index contributed by atoms with van der Waals surface area (Å²) < 4.78 is 5.41. The molecule has 0 aliphatic carbocycles. The molecular weight excluding hydrogens is 326 g/mol. The van der Waals surface area contributed by atoms with Gasteiger partial charge in [0.2, 0.25) is 0 Å². The van der Waals surface area contributed by atoms with Gasteiger partial charge in [0.1, 0.15) is 0 Å². The summed E-state index contributed by atoms with van der Waals surface area (Å²) in [5.74, 6) is -0.431. The average Bonchev–Trinajstić information content (AvgIpc) is 3.33. The monoisotopic (exact) mass is 345 g/mol. The summed E-state index contributed by atoms with van der Waals surface area (Å²) in [6, 6.07) is -0.124. The van der Waals surface area contributed by atoms with E-state index < -0.39 is 0 Å². The molecular formula is C15H19N7O3. The van der Waals surface area contributed by atoms with Crippen LogP contribution in [0.1, 0.15) is 45.6 Å². The molecule has 2 unspecified atom stereocenters. The first-order valence-corrected chi connectivity index (χ1v) is 8.25. The zero-order valence-corrected chi connectivity index (χ0v) is 13.8. The molecule has 25 heavy (non-hydrogen) atoms. The van der Waals surface area contributed by atoms with Crippen LogP contribution in [0.3, 0.4) is 0 Å². The highest BCUT2D eigenvalue weighted by molar-refractivity contribution is 5.95. The molecule has 1 saturated heterocycles. The SMILES string of the molecule is CC1CC(NC(=O)c2n[nH]c3c2COCC3)CN1C(=O)c1cn[nH]n1. The molecule has 0 bridgehead atoms. The molecule has 1 fully saturated rings. The predicted molar refractivity (Wildman–Crippen MR) is 84.7 cm³/mol. The number of nitrogens with zero attached hydrogens (tertiary/aromatic N) is 4. The van der Waals surface area contributed by atoms with E-state index in [1.165, 1.54) is 6.20 Å². The normalized spacial score (nSPS) is 22.7. The molecule has 2 amide bonds. The Hall–Kier alpha value is -2.75. The van der Waals surface area contributed by atoms with Crippen molar-refractivity contribution in [3.63, 3.8) is 0 Å². The summed E-state index contributed by atoms with van der Waals surface area (Å²) in [7, 11) is 0. The van der Waals surface area contributed by atoms with E-state index in [0.29, 0.717) is 31.9 Å². The maximum Gasteiger partial charge on any atom is 0.276 e. The van der Waals surface area contributed by atoms with E-state index in [4.69, 9.17) is 4.74 Å². The Kier molecular flexibility index (Phi) is 3.96. The Morgan fingerprint density at radius 1 is 1.40 bits per heavy atom. The molecule has 4 heterocycles. The van der Waals surface area contributed by atoms with Crippen molar-refractivity contribution in [1.82, 2.24) is 35.8 Å². The van der Waals surface area contributed by atoms with Crippen molar-refractivity contribution in [3.05, 3.63) is 28.8 Å². The number of nitrogens with one attached hydrogen (secondary N) is 3. The highest BCUT2D eigenvalue weighted by Gasteiger charge is 2.35. The fourth-order valence-electron chi connectivity index (χ4n) is 3.42. The van der Waals surface area contributed by atoms with E-state index >= 15 is 0 Å². The van der Waals surface area contributed by atoms with Gasteiger partial charge in [0, 0.05) is 36.3 Å². The zero-order chi connectivity index (χ0) is 17.4. The van der Waals surface area contributed by atoms with Crippen LogP contribution >= 0.6 is 0 Å². The highest BCUT2D eigenvalue weighted by Crippen LogP contribution is 2.21. The molecule has 2 aliphatic rings. The number of hydrogen-bond acceptors (Lipinski definition) is 6. The third-order valence-corrected chi connectivity index (χ3v) is 4.72. The van der Waals surface area contributed by atoms with Gasteiger partial charge in [0.15, 0.2) is 11.4 Å². The van der Waals surface area contributed by atoms with Crippen LogP contribution in [0.25, 0.3) is 0 Å². The second-order valence-corrected chi connectivity index (χ2v) is 6.40. The molecule has 0 saturated carbocycles. The van der Waals surface area contributed by atoms with Crippen molar-refractivity contribution in [3.8, 4) is 0 Å². The van der Waals surface area contributed by atoms with Crippen LogP contribution in [0.15, 0.2) is 6.20 Å². The topological polar surface area (TPSA) is 129 Å². The number of hydrogen-bond donors (Lipinski definition) is 3. The first-order valence-electron chi connectivity index (χ1n) is 8.25. The fourth-order valence-corrected chi connectivity index (χ4v) is 3.42. The first kappa shape index (κ1) is 15.8. The lowest BCUT2D eigenvalue weighted by molar-refractivity contribution is 0.0734. The molecule has 2 atom stereocenters. The Bertz CT molecular complexity index is 785. The van der Waals surface area contributed by atoms with Crippen molar-refractivity contribution in [1.29, 1.82) is 0 Å². The zero-order valence-electron chi connectivity index (χ0n) is 13.8. The molecule has 4 rings (SSSR count). The molecule has 0 aromatic carbocycles. The number of carbonyl (C=O) groups is 2. The number of fused-ring (bicyclic) bond motifs is 1. The second-order valence-electron chi connectivity index (χ2n) is 6.40. The fraction of sp³-hybridized carbons (Fsp3) is 0.533. The molecule has 10 heteroatoms. The summed E-state index contributed by atoms with van der Waals surface area (Å²) >= 11 is 0. The van der Waals surface area contributed by atoms with Gasteiger partial charge in [0.05, 0.1) is 19.4 Å². The summed E-state index contributed by atoms with van der Waals surface area (Å²) in [6.45, 7) is 3.41. The molecule has 2 aromatic rings. The summed E-state index contributed by atoms with van der Waals surface area (Å²) in [4.78, 5) is 26.7. The third-order valence-electron chi connectivity index (χ3n) is 4.72. The number of rotatable bonds is 3. The number of amides is 2. The second kappa shape index (κ2) is 6.28. The molecule has 2 aliphatic heterocycles. The summed E-state index contributed by atoms with van der Waals surface area (Å²) in [5, 5.41) is 20.0. The third kappa shape index (κ3) is 2.88. The van der Waals surface area contributed by atoms with E-state index in [1.807, 2.05) is 6.92 Å². The van der Waals surface area contributed by atoms with Crippen LogP contribution in [0.5, 0.6) is 0 Å². The van der Waals surface area contributed by atoms with E-state index in [-0.39, 0.29) is 29.6 Å². The van der Waals surface area contributed by atoms with Crippen LogP contribution < -0.4 is 5.32 Å². The maximum absolute atomic E-state index is 12.6. The van der Waals surface area contributed by atoms with Gasteiger partial charge in [-0.15, -0.1) is 0 Å². The minimum atomic E-state index is -0.240.